The molecule has 1 aliphatic heterocycles. The van der Waals surface area contributed by atoms with E-state index in [2.05, 4.69) is 9.88 Å². The molecule has 3 rings (SSSR count). The molecule has 2 N–H and O–H groups in total. The first-order chi connectivity index (χ1) is 12.1. The summed E-state index contributed by atoms with van der Waals surface area (Å²) in [5, 5.41) is 0.102. The number of nitrogens with zero attached hydrogens (tertiary/aromatic N) is 3. The number of esters is 1. The number of carbonyl (C=O) groups excluding carboxylic acids is 1. The van der Waals surface area contributed by atoms with Gasteiger partial charge in [0.2, 0.25) is 0 Å². The zero-order chi connectivity index (χ0) is 17.6. The number of nitrogens with two attached hydrogens (primary N) is 1. The second-order valence-electron chi connectivity index (χ2n) is 5.65. The summed E-state index contributed by atoms with van der Waals surface area (Å²) in [6, 6.07) is 10.6. The molecule has 0 radical (unpaired) electrons. The van der Waals surface area contributed by atoms with E-state index in [9.17, 15) is 9.59 Å². The van der Waals surface area contributed by atoms with Crippen LogP contribution < -0.4 is 11.4 Å². The molecule has 2 aromatic rings. The Morgan fingerprint density at radius 2 is 2.08 bits per heavy atom. The summed E-state index contributed by atoms with van der Waals surface area (Å²) in [4.78, 5) is 29.8. The fourth-order valence-electron chi connectivity index (χ4n) is 2.62. The van der Waals surface area contributed by atoms with Crippen molar-refractivity contribution in [3.05, 3.63) is 58.6 Å². The standard InChI is InChI=1S/C17H20N4O3S/c18-14-6-7-21(17(23)19-14)9-8-20-10-11-25-15(20)12-24-16(22)13-4-2-1-3-5-13/h1-7,15H,8-12H2,(H2,18,19,23)/t15-/m0/s1. The Morgan fingerprint density at radius 1 is 1.28 bits per heavy atom. The Morgan fingerprint density at radius 3 is 2.84 bits per heavy atom. The van der Waals surface area contributed by atoms with E-state index < -0.39 is 0 Å². The number of nitrogen functional groups attached to an aromatic ring is 1. The van der Waals surface area contributed by atoms with Gasteiger partial charge in [-0.25, -0.2) is 9.59 Å². The topological polar surface area (TPSA) is 90.5 Å². The SMILES string of the molecule is Nc1ccn(CCN2CCS[C@H]2COC(=O)c2ccccc2)c(=O)n1. The van der Waals surface area contributed by atoms with E-state index in [4.69, 9.17) is 10.5 Å². The van der Waals surface area contributed by atoms with Gasteiger partial charge in [-0.2, -0.15) is 4.98 Å². The van der Waals surface area contributed by atoms with Crippen molar-refractivity contribution in [1.82, 2.24) is 14.5 Å². The van der Waals surface area contributed by atoms with E-state index in [-0.39, 0.29) is 22.9 Å². The summed E-state index contributed by atoms with van der Waals surface area (Å²) < 4.78 is 6.97. The lowest BCUT2D eigenvalue weighted by atomic mass is 10.2. The maximum Gasteiger partial charge on any atom is 0.349 e. The Kier molecular flexibility index (Phi) is 5.72. The first-order valence-electron chi connectivity index (χ1n) is 8.04. The maximum absolute atomic E-state index is 12.0. The van der Waals surface area contributed by atoms with E-state index in [0.29, 0.717) is 25.3 Å². The molecule has 0 amide bonds. The van der Waals surface area contributed by atoms with Crippen LogP contribution >= 0.6 is 11.8 Å². The summed E-state index contributed by atoms with van der Waals surface area (Å²) in [6.07, 6.45) is 1.65. The summed E-state index contributed by atoms with van der Waals surface area (Å²) in [5.74, 6) is 0.887. The smallest absolute Gasteiger partial charge is 0.349 e. The molecule has 1 atom stereocenters. The molecule has 8 heteroatoms. The molecule has 0 aliphatic carbocycles. The maximum atomic E-state index is 12.0. The highest BCUT2D eigenvalue weighted by molar-refractivity contribution is 8.00. The molecule has 1 saturated heterocycles. The third-order valence-corrected chi connectivity index (χ3v) is 5.22. The van der Waals surface area contributed by atoms with Crippen molar-refractivity contribution in [3.63, 3.8) is 0 Å². The molecule has 0 unspecified atom stereocenters. The van der Waals surface area contributed by atoms with Crippen LogP contribution in [0.15, 0.2) is 47.4 Å². The minimum atomic E-state index is -0.348. The van der Waals surface area contributed by atoms with Crippen molar-refractivity contribution in [3.8, 4) is 0 Å². The lowest BCUT2D eigenvalue weighted by Crippen LogP contribution is -2.37. The third kappa shape index (κ3) is 4.61. The fourth-order valence-corrected chi connectivity index (χ4v) is 3.82. The molecule has 1 aliphatic rings. The third-order valence-electron chi connectivity index (χ3n) is 3.99. The van der Waals surface area contributed by atoms with Crippen molar-refractivity contribution < 1.29 is 9.53 Å². The molecular formula is C17H20N4O3S. The monoisotopic (exact) mass is 360 g/mol. The molecule has 1 fully saturated rings. The number of benzene rings is 1. The highest BCUT2D eigenvalue weighted by Crippen LogP contribution is 2.24. The van der Waals surface area contributed by atoms with Crippen LogP contribution in [0.4, 0.5) is 5.82 Å². The van der Waals surface area contributed by atoms with Crippen LogP contribution in [0.3, 0.4) is 0 Å². The van der Waals surface area contributed by atoms with Crippen molar-refractivity contribution in [2.45, 2.75) is 11.9 Å². The summed E-state index contributed by atoms with van der Waals surface area (Å²) in [6.45, 7) is 2.44. The second-order valence-corrected chi connectivity index (χ2v) is 6.94. The zero-order valence-electron chi connectivity index (χ0n) is 13.7. The van der Waals surface area contributed by atoms with E-state index in [1.807, 2.05) is 18.2 Å². The number of thioether (sulfide) groups is 1. The lowest BCUT2D eigenvalue weighted by Gasteiger charge is -2.23. The van der Waals surface area contributed by atoms with Gasteiger partial charge in [-0.15, -0.1) is 11.8 Å². The number of hydrogen-bond acceptors (Lipinski definition) is 7. The van der Waals surface area contributed by atoms with Crippen molar-refractivity contribution in [2.24, 2.45) is 0 Å². The van der Waals surface area contributed by atoms with Gasteiger partial charge in [-0.3, -0.25) is 9.47 Å². The zero-order valence-corrected chi connectivity index (χ0v) is 14.5. The molecule has 0 saturated carbocycles. The van der Waals surface area contributed by atoms with Gasteiger partial charge in [0.15, 0.2) is 0 Å². The van der Waals surface area contributed by atoms with Crippen LogP contribution in [0, 0.1) is 0 Å². The summed E-state index contributed by atoms with van der Waals surface area (Å²) in [5.41, 5.74) is 5.70. The number of anilines is 1. The second kappa shape index (κ2) is 8.17. The first-order valence-corrected chi connectivity index (χ1v) is 9.09. The first kappa shape index (κ1) is 17.5. The summed E-state index contributed by atoms with van der Waals surface area (Å²) in [7, 11) is 0. The van der Waals surface area contributed by atoms with Crippen LogP contribution in [0.25, 0.3) is 0 Å². The van der Waals surface area contributed by atoms with E-state index in [1.54, 1.807) is 36.2 Å². The van der Waals surface area contributed by atoms with Crippen molar-refractivity contribution in [1.29, 1.82) is 0 Å². The highest BCUT2D eigenvalue weighted by Gasteiger charge is 2.26. The predicted octanol–water partition coefficient (Wildman–Crippen LogP) is 1.06. The van der Waals surface area contributed by atoms with Crippen LogP contribution in [0.2, 0.25) is 0 Å². The molecule has 132 valence electrons. The normalized spacial score (nSPS) is 17.5. The Hall–Kier alpha value is -2.32. The van der Waals surface area contributed by atoms with Crippen molar-refractivity contribution in [2.75, 3.05) is 31.2 Å². The average molecular weight is 360 g/mol. The van der Waals surface area contributed by atoms with E-state index in [0.717, 1.165) is 12.3 Å². The molecular weight excluding hydrogens is 340 g/mol. The Bertz CT molecular complexity index is 781. The van der Waals surface area contributed by atoms with Crippen molar-refractivity contribution >= 4 is 23.5 Å². The number of aromatic nitrogens is 2. The average Bonchev–Trinajstić information content (AvgIpc) is 3.07. The molecule has 1 aromatic heterocycles. The number of ether oxygens (including phenoxy) is 1. The minimum Gasteiger partial charge on any atom is -0.460 e. The Balaban J connectivity index is 1.52. The van der Waals surface area contributed by atoms with Crippen LogP contribution in [-0.4, -0.2) is 51.2 Å². The lowest BCUT2D eigenvalue weighted by molar-refractivity contribution is 0.0446. The molecule has 0 bridgehead atoms. The van der Waals surface area contributed by atoms with Gasteiger partial charge in [0.05, 0.1) is 10.9 Å². The predicted molar refractivity (Wildman–Crippen MR) is 97.5 cm³/mol. The van der Waals surface area contributed by atoms with Crippen LogP contribution in [0.5, 0.6) is 0 Å². The molecule has 1 aromatic carbocycles. The van der Waals surface area contributed by atoms with Crippen LogP contribution in [0.1, 0.15) is 10.4 Å². The summed E-state index contributed by atoms with van der Waals surface area (Å²) >= 11 is 1.76. The van der Waals surface area contributed by atoms with Gasteiger partial charge in [0.25, 0.3) is 0 Å². The van der Waals surface area contributed by atoms with Gasteiger partial charge < -0.3 is 10.5 Å². The van der Waals surface area contributed by atoms with Gasteiger partial charge in [-0.1, -0.05) is 18.2 Å². The van der Waals surface area contributed by atoms with Gasteiger partial charge in [-0.05, 0) is 18.2 Å². The van der Waals surface area contributed by atoms with E-state index in [1.165, 1.54) is 4.57 Å². The van der Waals surface area contributed by atoms with Gasteiger partial charge in [0, 0.05) is 31.6 Å². The van der Waals surface area contributed by atoms with Gasteiger partial charge in [0.1, 0.15) is 12.4 Å². The number of rotatable bonds is 6. The quantitative estimate of drug-likeness (QED) is 0.770. The number of hydrogen-bond donors (Lipinski definition) is 1. The van der Waals surface area contributed by atoms with E-state index >= 15 is 0 Å². The molecule has 7 nitrogen and oxygen atoms in total. The van der Waals surface area contributed by atoms with Gasteiger partial charge >= 0.3 is 11.7 Å². The largest absolute Gasteiger partial charge is 0.460 e. The Labute approximate surface area is 149 Å². The fraction of sp³-hybridized carbons (Fsp3) is 0.353. The highest BCUT2D eigenvalue weighted by atomic mass is 32.2. The molecule has 2 heterocycles. The molecule has 25 heavy (non-hydrogen) atoms. The minimum absolute atomic E-state index is 0.102. The number of carbonyl (C=O) groups is 1. The van der Waals surface area contributed by atoms with Crippen LogP contribution in [-0.2, 0) is 11.3 Å². The molecule has 0 spiro atoms.